The van der Waals surface area contributed by atoms with Crippen LogP contribution in [0.2, 0.25) is 0 Å². The van der Waals surface area contributed by atoms with Crippen molar-refractivity contribution in [1.82, 2.24) is 93.0 Å². The number of aliphatic hydroxyl groups excluding tert-OH is 2. The van der Waals surface area contributed by atoms with Gasteiger partial charge in [0.15, 0.2) is 11.9 Å². The number of aromatic amines is 2. The number of benzene rings is 3. The second-order valence-corrected chi connectivity index (χ2v) is 35.5. The van der Waals surface area contributed by atoms with Gasteiger partial charge in [0.25, 0.3) is 0 Å². The number of thioether (sulfide) groups is 1. The summed E-state index contributed by atoms with van der Waals surface area (Å²) in [5.74, 6) is -18.5. The van der Waals surface area contributed by atoms with Crippen molar-refractivity contribution in [3.05, 3.63) is 102 Å². The third-order valence-corrected chi connectivity index (χ3v) is 24.9. The number of likely N-dealkylation sites (N-methyl/N-ethyl adjacent to an activating group) is 3. The van der Waals surface area contributed by atoms with Gasteiger partial charge in [0.1, 0.15) is 84.6 Å². The molecule has 0 bridgehead atoms. The van der Waals surface area contributed by atoms with Crippen molar-refractivity contribution >= 4 is 152 Å². The summed E-state index contributed by atoms with van der Waals surface area (Å²) in [6.45, 7) is 5.35. The van der Waals surface area contributed by atoms with Crippen LogP contribution in [0.25, 0.3) is 21.8 Å². The molecule has 46 heteroatoms. The number of carbonyl (C=O) groups is 17. The molecule has 0 radical (unpaired) electrons. The second-order valence-electron chi connectivity index (χ2n) is 34.5. The Morgan fingerprint density at radius 2 is 1.06 bits per heavy atom. The second kappa shape index (κ2) is 51.1. The number of rotatable bonds is 26. The Morgan fingerprint density at radius 3 is 1.65 bits per heavy atom. The van der Waals surface area contributed by atoms with Crippen LogP contribution in [0.3, 0.4) is 0 Å². The minimum Gasteiger partial charge on any atom is -0.394 e. The number of amides is 17. The van der Waals surface area contributed by atoms with E-state index in [0.29, 0.717) is 69.9 Å². The summed E-state index contributed by atoms with van der Waals surface area (Å²) in [5, 5.41) is 70.8. The maximum Gasteiger partial charge on any atom is 0.246 e. The predicted molar refractivity (Wildman–Crippen MR) is 500 cm³/mol. The summed E-state index contributed by atoms with van der Waals surface area (Å²) in [5.41, 5.74) is 31.6. The molecule has 3 saturated heterocycles. The highest BCUT2D eigenvalue weighted by atomic mass is 32.2. The molecule has 15 atom stereocenters. The molecule has 5 aromatic rings. The fourth-order valence-electron chi connectivity index (χ4n) is 16.4. The SMILES string of the molecule is CCCCC1C(=O)N(C)C(CCCC)C(=O)NC(CCCNC(=N)N)C(=O)NC(C(=O)NCC(N)=O)CSCC(=O)NC(Cc2ccc(NC(=N)N)cc2)C(=O)N(C)C(C)C(=O)NC(CC(N)=O)C(=O)N2CCCC2C(=O)NC(CN)C(=O)NC(CC(C)C)C(=O)N2CC(O)CC2C(=O)NC(Cc2c[nH]c3ccccc23)C(=O)NC(CO)C(=O)NC(Cc2c[nH]c3ccccc23)C(=O)N1C. The molecule has 15 unspecified atom stereocenters. The summed E-state index contributed by atoms with van der Waals surface area (Å²) >= 11 is 0.757. The monoisotopic (exact) mass is 1900 g/mol. The van der Waals surface area contributed by atoms with Gasteiger partial charge in [-0.15, -0.1) is 11.8 Å². The van der Waals surface area contributed by atoms with Gasteiger partial charge in [-0.1, -0.05) is 102 Å². The number of unbranched alkanes of at least 4 members (excludes halogenated alkanes) is 2. The number of nitrogens with two attached hydrogens (primary N) is 5. The lowest BCUT2D eigenvalue weighted by Crippen LogP contribution is -2.62. The number of hydrogen-bond donors (Lipinski definition) is 23. The van der Waals surface area contributed by atoms with Crippen molar-refractivity contribution in [3.8, 4) is 0 Å². The molecule has 28 N–H and O–H groups in total. The molecule has 0 spiro atoms. The van der Waals surface area contributed by atoms with Crippen molar-refractivity contribution in [2.45, 2.75) is 228 Å². The zero-order chi connectivity index (χ0) is 99.2. The smallest absolute Gasteiger partial charge is 0.246 e. The highest BCUT2D eigenvalue weighted by Crippen LogP contribution is 2.28. The van der Waals surface area contributed by atoms with Gasteiger partial charge in [0.05, 0.1) is 31.4 Å². The van der Waals surface area contributed by atoms with Crippen LogP contribution < -0.4 is 92.5 Å². The van der Waals surface area contributed by atoms with E-state index in [1.807, 2.05) is 13.8 Å². The van der Waals surface area contributed by atoms with Crippen LogP contribution in [-0.4, -0.2) is 320 Å². The molecule has 736 valence electrons. The van der Waals surface area contributed by atoms with Crippen LogP contribution in [0.1, 0.15) is 135 Å². The molecule has 3 fully saturated rings. The van der Waals surface area contributed by atoms with E-state index in [9.17, 15) is 58.2 Å². The molecular weight excluding hydrogens is 1770 g/mol. The molecule has 8 rings (SSSR count). The largest absolute Gasteiger partial charge is 0.394 e. The molecule has 3 aliphatic rings. The fourth-order valence-corrected chi connectivity index (χ4v) is 17.3. The first-order chi connectivity index (χ1) is 64.2. The number of primary amides is 2. The number of H-pyrrole nitrogens is 2. The lowest BCUT2D eigenvalue weighted by molar-refractivity contribution is -0.149. The number of fused-ring (bicyclic) bond motifs is 4. The minimum absolute atomic E-state index is 0.0149. The van der Waals surface area contributed by atoms with E-state index >= 15 is 33.6 Å². The summed E-state index contributed by atoms with van der Waals surface area (Å²) in [7, 11) is 3.89. The molecule has 135 heavy (non-hydrogen) atoms. The van der Waals surface area contributed by atoms with Crippen LogP contribution in [0.4, 0.5) is 5.69 Å². The Bertz CT molecular complexity index is 5090. The topological polar surface area (TPSA) is 701 Å². The number of aliphatic hydroxyl groups is 2. The summed E-state index contributed by atoms with van der Waals surface area (Å²) < 4.78 is 0. The third kappa shape index (κ3) is 30.3. The molecule has 45 nitrogen and oxygen atoms in total. The number of nitrogens with zero attached hydrogens (tertiary/aromatic N) is 5. The average molecular weight is 1900 g/mol. The van der Waals surface area contributed by atoms with E-state index in [-0.39, 0.29) is 83.2 Å². The predicted octanol–water partition coefficient (Wildman–Crippen LogP) is -4.34. The van der Waals surface area contributed by atoms with Crippen LogP contribution in [-0.2, 0) is 101 Å². The number of guanidine groups is 2. The number of aromatic nitrogens is 2. The number of hydrogen-bond acceptors (Lipinski definition) is 23. The molecule has 17 amide bonds. The zero-order valence-electron chi connectivity index (χ0n) is 77.2. The zero-order valence-corrected chi connectivity index (χ0v) is 78.0. The molecule has 2 aromatic heterocycles. The van der Waals surface area contributed by atoms with E-state index in [0.717, 1.165) is 36.3 Å². The van der Waals surface area contributed by atoms with Gasteiger partial charge in [0, 0.05) is 119 Å². The van der Waals surface area contributed by atoms with Gasteiger partial charge in [-0.05, 0) is 98.7 Å². The number of para-hydroxylation sites is 2. The first kappa shape index (κ1) is 107. The van der Waals surface area contributed by atoms with E-state index in [1.165, 1.54) is 40.2 Å². The third-order valence-electron chi connectivity index (χ3n) is 23.9. The van der Waals surface area contributed by atoms with Gasteiger partial charge in [-0.2, -0.15) is 0 Å². The van der Waals surface area contributed by atoms with Gasteiger partial charge in [-0.25, -0.2) is 0 Å². The first-order valence-corrected chi connectivity index (χ1v) is 46.2. The first-order valence-electron chi connectivity index (χ1n) is 45.1. The average Bonchev–Trinajstić information content (AvgIpc) is 1.59. The Hall–Kier alpha value is -13.5. The number of nitrogens with one attached hydrogen (secondary N) is 16. The van der Waals surface area contributed by atoms with E-state index in [2.05, 4.69) is 73.8 Å². The van der Waals surface area contributed by atoms with Gasteiger partial charge in [-0.3, -0.25) is 92.3 Å². The molecule has 5 heterocycles. The standard InChI is InChI=1S/C89H130N26O19S/c1-9-11-24-67-80(127)103-58(23-17-31-97-88(93)94)76(123)110-66(75(122)100-42-72(92)119)45-135-46-73(120)102-61(34-49-27-29-52(30-28-49)101-89(95)96)83(130)111(6)48(5)74(121)105-63(38-71(91)118)85(132)114-32-18-26-68(114)81(128)108-64(39-90)78(125)106-60(33-47(3)4)86(133)115-43-53(117)37-70(115)82(129)104-59(35-50-40-98-56-21-15-13-19-54(50)56)77(124)109-65(44-116)79(126)107-62(36-51-41-99-57-22-16-14-20-55(51)57)84(131)113(8)69(25-12-10-2)87(134)112(67)7/h13-16,19-22,27-30,40-41,47-48,53,58-70,98-99,116-117H,9-12,17-18,23-26,31-39,42-46,90H2,1-8H3,(H2,91,118)(H2,92,119)(H,100,122)(H,102,120)(H,103,127)(H,104,129)(H,105,121)(H,106,125)(H,107,126)(H,108,128)(H,109,124)(H,110,123)(H4,93,94,97)(H4,95,96,101). The van der Waals surface area contributed by atoms with Crippen molar-refractivity contribution in [1.29, 1.82) is 10.8 Å². The summed E-state index contributed by atoms with van der Waals surface area (Å²) in [6, 6.07) is -1.79. The Morgan fingerprint density at radius 1 is 0.533 bits per heavy atom. The fraction of sp³-hybridized carbons (Fsp3) is 0.539. The van der Waals surface area contributed by atoms with Gasteiger partial charge < -0.3 is 137 Å². The maximum atomic E-state index is 15.7. The Balaban J connectivity index is 1.19. The number of carbonyl (C=O) groups excluding carboxylic acids is 17. The Kier molecular flexibility index (Phi) is 40.4. The molecule has 3 aromatic carbocycles. The van der Waals surface area contributed by atoms with E-state index < -0.39 is 254 Å². The highest BCUT2D eigenvalue weighted by Gasteiger charge is 2.47. The van der Waals surface area contributed by atoms with E-state index in [4.69, 9.17) is 39.5 Å². The van der Waals surface area contributed by atoms with Crippen LogP contribution in [0.15, 0.2) is 85.2 Å². The quantitative estimate of drug-likeness (QED) is 0.0141. The molecule has 0 saturated carbocycles. The van der Waals surface area contributed by atoms with E-state index in [1.54, 1.807) is 86.9 Å². The lowest BCUT2D eigenvalue weighted by atomic mass is 10.00. The van der Waals surface area contributed by atoms with Gasteiger partial charge >= 0.3 is 0 Å². The minimum atomic E-state index is -1.89. The van der Waals surface area contributed by atoms with Crippen LogP contribution in [0, 0.1) is 16.7 Å². The maximum absolute atomic E-state index is 15.7. The van der Waals surface area contributed by atoms with Crippen molar-refractivity contribution < 1.29 is 91.7 Å². The summed E-state index contributed by atoms with van der Waals surface area (Å²) in [6.07, 6.45) is 1.21. The van der Waals surface area contributed by atoms with Crippen molar-refractivity contribution in [2.75, 3.05) is 77.3 Å². The van der Waals surface area contributed by atoms with Crippen LogP contribution in [0.5, 0.6) is 0 Å². The summed E-state index contributed by atoms with van der Waals surface area (Å²) in [4.78, 5) is 261. The lowest BCUT2D eigenvalue weighted by Gasteiger charge is -2.36. The molecular formula is C89H130N26O19S. The molecule has 0 aliphatic carbocycles. The van der Waals surface area contributed by atoms with Crippen LogP contribution >= 0.6 is 11.8 Å². The van der Waals surface area contributed by atoms with Gasteiger partial charge in [0.2, 0.25) is 100 Å². The molecule has 3 aliphatic heterocycles. The normalized spacial score (nSPS) is 24.7. The van der Waals surface area contributed by atoms with Crippen molar-refractivity contribution in [3.63, 3.8) is 0 Å². The van der Waals surface area contributed by atoms with Crippen molar-refractivity contribution in [2.24, 2.45) is 34.6 Å². The number of anilines is 1. The highest BCUT2D eigenvalue weighted by molar-refractivity contribution is 8.00. The Labute approximate surface area is 785 Å².